The van der Waals surface area contributed by atoms with E-state index in [2.05, 4.69) is 9.89 Å². The Morgan fingerprint density at radius 3 is 2.64 bits per heavy atom. The molecule has 1 aromatic carbocycles. The van der Waals surface area contributed by atoms with Gasteiger partial charge in [0.25, 0.3) is 5.91 Å². The van der Waals surface area contributed by atoms with Gasteiger partial charge in [-0.1, -0.05) is 0 Å². The van der Waals surface area contributed by atoms with Gasteiger partial charge in [0.05, 0.1) is 28.7 Å². The normalized spacial score (nSPS) is 24.2. The molecule has 1 unspecified atom stereocenters. The highest BCUT2D eigenvalue weighted by molar-refractivity contribution is 7.90. The molecule has 1 saturated carbocycles. The molecule has 1 aromatic rings. The zero-order chi connectivity index (χ0) is 15.6. The Balaban J connectivity index is 1.88. The Bertz CT molecular complexity index is 811. The molecule has 0 bridgehead atoms. The zero-order valence-corrected chi connectivity index (χ0v) is 13.3. The van der Waals surface area contributed by atoms with Gasteiger partial charge in [0.2, 0.25) is 5.96 Å². The third kappa shape index (κ3) is 1.88. The first kappa shape index (κ1) is 13.8. The number of benzene rings is 1. The van der Waals surface area contributed by atoms with E-state index in [0.717, 1.165) is 11.9 Å². The van der Waals surface area contributed by atoms with Crippen molar-refractivity contribution in [2.75, 3.05) is 24.7 Å². The van der Waals surface area contributed by atoms with Gasteiger partial charge in [0.15, 0.2) is 9.84 Å². The van der Waals surface area contributed by atoms with E-state index in [9.17, 15) is 13.2 Å². The number of rotatable bonds is 2. The van der Waals surface area contributed by atoms with E-state index in [0.29, 0.717) is 24.0 Å². The van der Waals surface area contributed by atoms with Crippen LogP contribution in [0.25, 0.3) is 0 Å². The summed E-state index contributed by atoms with van der Waals surface area (Å²) in [5.41, 5.74) is 1.22. The fourth-order valence-electron chi connectivity index (χ4n) is 3.27. The van der Waals surface area contributed by atoms with Crippen molar-refractivity contribution >= 4 is 27.4 Å². The quantitative estimate of drug-likeness (QED) is 0.819. The number of nitrogens with zero attached hydrogens (tertiary/aromatic N) is 3. The maximum atomic E-state index is 12.6. The second-order valence-corrected chi connectivity index (χ2v) is 8.25. The van der Waals surface area contributed by atoms with Crippen LogP contribution in [0.1, 0.15) is 23.2 Å². The number of aliphatic imine (C=N–C) groups is 1. The van der Waals surface area contributed by atoms with E-state index in [1.807, 2.05) is 0 Å². The summed E-state index contributed by atoms with van der Waals surface area (Å²) in [4.78, 5) is 20.9. The van der Waals surface area contributed by atoms with Gasteiger partial charge in [-0.05, 0) is 37.0 Å². The van der Waals surface area contributed by atoms with Crippen LogP contribution < -0.4 is 4.90 Å². The molecule has 0 spiro atoms. The van der Waals surface area contributed by atoms with Crippen molar-refractivity contribution in [1.29, 1.82) is 0 Å². The first-order valence-corrected chi connectivity index (χ1v) is 9.23. The molecule has 6 nitrogen and oxygen atoms in total. The summed E-state index contributed by atoms with van der Waals surface area (Å²) in [5, 5.41) is 0. The van der Waals surface area contributed by atoms with E-state index >= 15 is 0 Å². The smallest absolute Gasteiger partial charge is 0.262 e. The Morgan fingerprint density at radius 2 is 2.00 bits per heavy atom. The highest BCUT2D eigenvalue weighted by Crippen LogP contribution is 2.42. The lowest BCUT2D eigenvalue weighted by Crippen LogP contribution is -2.51. The van der Waals surface area contributed by atoms with Crippen LogP contribution in [0.5, 0.6) is 0 Å². The van der Waals surface area contributed by atoms with Gasteiger partial charge in [0.1, 0.15) is 0 Å². The molecule has 4 rings (SSSR count). The predicted octanol–water partition coefficient (Wildman–Crippen LogP) is 1.13. The molecule has 0 saturated heterocycles. The first-order valence-electron chi connectivity index (χ1n) is 7.34. The van der Waals surface area contributed by atoms with Crippen molar-refractivity contribution in [3.8, 4) is 0 Å². The Kier molecular flexibility index (Phi) is 2.70. The lowest BCUT2D eigenvalue weighted by Gasteiger charge is -2.37. The fourth-order valence-corrected chi connectivity index (χ4v) is 3.92. The molecule has 1 fully saturated rings. The van der Waals surface area contributed by atoms with Crippen LogP contribution >= 0.6 is 0 Å². The molecule has 22 heavy (non-hydrogen) atoms. The number of anilines is 1. The van der Waals surface area contributed by atoms with E-state index in [4.69, 9.17) is 0 Å². The van der Waals surface area contributed by atoms with E-state index in [-0.39, 0.29) is 16.8 Å². The van der Waals surface area contributed by atoms with Gasteiger partial charge in [0, 0.05) is 13.3 Å². The minimum Gasteiger partial charge on any atom is -0.306 e. The molecule has 1 atom stereocenters. The van der Waals surface area contributed by atoms with Crippen LogP contribution in [-0.4, -0.2) is 51.1 Å². The summed E-state index contributed by atoms with van der Waals surface area (Å²) in [7, 11) is -1.64. The number of hydrogen-bond acceptors (Lipinski definition) is 5. The van der Waals surface area contributed by atoms with E-state index < -0.39 is 9.84 Å². The summed E-state index contributed by atoms with van der Waals surface area (Å²) >= 11 is 0. The van der Waals surface area contributed by atoms with Crippen LogP contribution in [0.4, 0.5) is 5.69 Å². The van der Waals surface area contributed by atoms with Gasteiger partial charge in [-0.3, -0.25) is 14.7 Å². The Morgan fingerprint density at radius 1 is 1.27 bits per heavy atom. The zero-order valence-electron chi connectivity index (χ0n) is 12.5. The molecule has 7 heteroatoms. The molecule has 2 aliphatic heterocycles. The number of guanidine groups is 1. The van der Waals surface area contributed by atoms with Crippen LogP contribution in [0.3, 0.4) is 0 Å². The standard InChI is InChI=1S/C15H17N3O3S/c1-17-14(19)11-7-10(22(2,20)21)5-6-12(11)18-13(9-3-4-9)8-16-15(17)18/h5-7,9,13H,3-4,8H2,1-2H3. The average molecular weight is 319 g/mol. The number of fused-ring (bicyclic) bond motifs is 3. The minimum absolute atomic E-state index is 0.176. The highest BCUT2D eigenvalue weighted by atomic mass is 32.2. The molecule has 0 N–H and O–H groups in total. The van der Waals surface area contributed by atoms with Crippen molar-refractivity contribution in [1.82, 2.24) is 4.90 Å². The van der Waals surface area contributed by atoms with Crippen LogP contribution in [0.2, 0.25) is 0 Å². The molecule has 2 heterocycles. The maximum Gasteiger partial charge on any atom is 0.262 e. The van der Waals surface area contributed by atoms with Gasteiger partial charge in [-0.15, -0.1) is 0 Å². The summed E-state index contributed by atoms with van der Waals surface area (Å²) in [6.45, 7) is 0.699. The SMILES string of the molecule is CN1C(=O)c2cc(S(C)(=O)=O)ccc2N2C1=NCC2C1CC1. The van der Waals surface area contributed by atoms with Crippen molar-refractivity contribution < 1.29 is 13.2 Å². The Labute approximate surface area is 129 Å². The second-order valence-electron chi connectivity index (χ2n) is 6.23. The largest absolute Gasteiger partial charge is 0.306 e. The first-order chi connectivity index (χ1) is 10.4. The topological polar surface area (TPSA) is 70.1 Å². The van der Waals surface area contributed by atoms with Gasteiger partial charge < -0.3 is 4.90 Å². The number of carbonyl (C=O) groups is 1. The lowest BCUT2D eigenvalue weighted by atomic mass is 10.0. The number of sulfone groups is 1. The number of hydrogen-bond donors (Lipinski definition) is 0. The Hall–Kier alpha value is -1.89. The molecule has 116 valence electrons. The fraction of sp³-hybridized carbons (Fsp3) is 0.467. The molecule has 3 aliphatic rings. The lowest BCUT2D eigenvalue weighted by molar-refractivity contribution is 0.0864. The second kappa shape index (κ2) is 4.32. The molecular weight excluding hydrogens is 302 g/mol. The van der Waals surface area contributed by atoms with E-state index in [1.165, 1.54) is 23.8 Å². The molecular formula is C15H17N3O3S. The highest BCUT2D eigenvalue weighted by Gasteiger charge is 2.46. The van der Waals surface area contributed by atoms with Crippen LogP contribution in [0.15, 0.2) is 28.1 Å². The van der Waals surface area contributed by atoms with Crippen molar-refractivity contribution in [2.45, 2.75) is 23.8 Å². The van der Waals surface area contributed by atoms with Gasteiger partial charge in [-0.2, -0.15) is 0 Å². The average Bonchev–Trinajstić information content (AvgIpc) is 3.22. The van der Waals surface area contributed by atoms with Gasteiger partial charge in [-0.25, -0.2) is 8.42 Å². The van der Waals surface area contributed by atoms with E-state index in [1.54, 1.807) is 19.2 Å². The summed E-state index contributed by atoms with van der Waals surface area (Å²) in [6, 6.07) is 5.09. The molecule has 0 radical (unpaired) electrons. The summed E-state index contributed by atoms with van der Waals surface area (Å²) < 4.78 is 23.5. The van der Waals surface area contributed by atoms with Gasteiger partial charge >= 0.3 is 0 Å². The molecule has 1 aliphatic carbocycles. The third-order valence-corrected chi connectivity index (χ3v) is 5.73. The molecule has 1 amide bonds. The van der Waals surface area contributed by atoms with Crippen LogP contribution in [-0.2, 0) is 9.84 Å². The molecule has 0 aromatic heterocycles. The number of carbonyl (C=O) groups excluding carboxylic acids is 1. The van der Waals surface area contributed by atoms with Crippen molar-refractivity contribution in [2.24, 2.45) is 10.9 Å². The minimum atomic E-state index is -3.34. The van der Waals surface area contributed by atoms with Crippen molar-refractivity contribution in [3.05, 3.63) is 23.8 Å². The summed E-state index contributed by atoms with van der Waals surface area (Å²) in [5.74, 6) is 1.10. The number of amides is 1. The third-order valence-electron chi connectivity index (χ3n) is 4.62. The summed E-state index contributed by atoms with van der Waals surface area (Å²) in [6.07, 6.45) is 3.54. The van der Waals surface area contributed by atoms with Crippen LogP contribution in [0, 0.1) is 5.92 Å². The monoisotopic (exact) mass is 319 g/mol. The van der Waals surface area contributed by atoms with Crippen molar-refractivity contribution in [3.63, 3.8) is 0 Å². The predicted molar refractivity (Wildman–Crippen MR) is 82.9 cm³/mol. The maximum absolute atomic E-state index is 12.6.